The van der Waals surface area contributed by atoms with Gasteiger partial charge in [-0.25, -0.2) is 9.78 Å². The first-order valence-corrected chi connectivity index (χ1v) is 6.75. The summed E-state index contributed by atoms with van der Waals surface area (Å²) in [5, 5.41) is 14.6. The van der Waals surface area contributed by atoms with Crippen molar-refractivity contribution in [2.75, 3.05) is 6.54 Å². The highest BCUT2D eigenvalue weighted by atomic mass is 16.4. The summed E-state index contributed by atoms with van der Waals surface area (Å²) in [6.07, 6.45) is 7.36. The van der Waals surface area contributed by atoms with Crippen LogP contribution in [-0.2, 0) is 11.3 Å². The maximum atomic E-state index is 11.8. The molecule has 0 spiro atoms. The first kappa shape index (κ1) is 14.4. The normalized spacial score (nSPS) is 17.9. The van der Waals surface area contributed by atoms with Crippen molar-refractivity contribution in [3.8, 4) is 0 Å². The quantitative estimate of drug-likeness (QED) is 0.719. The van der Waals surface area contributed by atoms with Gasteiger partial charge in [-0.2, -0.15) is 0 Å². The number of carbonyl (C=O) groups excluding carboxylic acids is 1. The number of rotatable bonds is 6. The third-order valence-electron chi connectivity index (χ3n) is 3.77. The van der Waals surface area contributed by atoms with Crippen LogP contribution in [0.15, 0.2) is 18.7 Å². The zero-order valence-electron chi connectivity index (χ0n) is 11.5. The molecule has 3 N–H and O–H groups in total. The zero-order chi connectivity index (χ0) is 14.6. The second kappa shape index (κ2) is 5.94. The van der Waals surface area contributed by atoms with Crippen molar-refractivity contribution in [1.29, 1.82) is 0 Å². The third kappa shape index (κ3) is 3.28. The van der Waals surface area contributed by atoms with Crippen molar-refractivity contribution in [3.63, 3.8) is 0 Å². The van der Waals surface area contributed by atoms with Gasteiger partial charge in [0.2, 0.25) is 0 Å². The Morgan fingerprint density at radius 1 is 1.50 bits per heavy atom. The Labute approximate surface area is 117 Å². The number of nitrogens with zero attached hydrogens (tertiary/aromatic N) is 2. The Hall–Kier alpha value is -2.05. The molecular weight excluding hydrogens is 260 g/mol. The minimum Gasteiger partial charge on any atom is -0.481 e. The number of hydrogen-bond acceptors (Lipinski definition) is 3. The van der Waals surface area contributed by atoms with Gasteiger partial charge in [0.15, 0.2) is 0 Å². The largest absolute Gasteiger partial charge is 0.481 e. The van der Waals surface area contributed by atoms with E-state index in [9.17, 15) is 9.59 Å². The lowest BCUT2D eigenvalue weighted by atomic mass is 9.69. The van der Waals surface area contributed by atoms with Gasteiger partial charge < -0.3 is 20.3 Å². The highest BCUT2D eigenvalue weighted by Gasteiger charge is 2.44. The summed E-state index contributed by atoms with van der Waals surface area (Å²) in [5.74, 6) is -0.824. The third-order valence-corrected chi connectivity index (χ3v) is 3.77. The Morgan fingerprint density at radius 2 is 2.25 bits per heavy atom. The number of carboxylic acid groups (broad SMARTS) is 1. The molecule has 7 nitrogen and oxygen atoms in total. The fraction of sp³-hybridized carbons (Fsp3) is 0.615. The van der Waals surface area contributed by atoms with Crippen LogP contribution >= 0.6 is 0 Å². The average molecular weight is 280 g/mol. The van der Waals surface area contributed by atoms with Crippen LogP contribution in [0.25, 0.3) is 0 Å². The van der Waals surface area contributed by atoms with Crippen molar-refractivity contribution in [1.82, 2.24) is 20.2 Å². The maximum absolute atomic E-state index is 11.8. The lowest BCUT2D eigenvalue weighted by Crippen LogP contribution is -2.51. The van der Waals surface area contributed by atoms with Crippen LogP contribution in [0.2, 0.25) is 0 Å². The second-order valence-electron chi connectivity index (χ2n) is 5.43. The van der Waals surface area contributed by atoms with Gasteiger partial charge in [0.1, 0.15) is 0 Å². The first-order chi connectivity index (χ1) is 9.52. The van der Waals surface area contributed by atoms with Gasteiger partial charge in [-0.3, -0.25) is 4.79 Å². The summed E-state index contributed by atoms with van der Waals surface area (Å²) < 4.78 is 1.87. The van der Waals surface area contributed by atoms with Gasteiger partial charge >= 0.3 is 12.0 Å². The van der Waals surface area contributed by atoms with Crippen LogP contribution in [0.5, 0.6) is 0 Å². The molecule has 1 heterocycles. The number of carboxylic acids is 1. The van der Waals surface area contributed by atoms with E-state index in [2.05, 4.69) is 15.6 Å². The van der Waals surface area contributed by atoms with Crippen molar-refractivity contribution in [2.45, 2.75) is 38.8 Å². The molecule has 110 valence electrons. The van der Waals surface area contributed by atoms with E-state index in [1.807, 2.05) is 17.7 Å². The Kier molecular flexibility index (Phi) is 4.26. The molecule has 1 atom stereocenters. The molecule has 0 aliphatic heterocycles. The van der Waals surface area contributed by atoms with Crippen molar-refractivity contribution >= 4 is 12.0 Å². The Balaban J connectivity index is 1.73. The molecular formula is C13H20N4O3. The van der Waals surface area contributed by atoms with E-state index in [0.717, 1.165) is 6.42 Å². The smallest absolute Gasteiger partial charge is 0.315 e. The predicted molar refractivity (Wildman–Crippen MR) is 72.1 cm³/mol. The molecule has 0 saturated heterocycles. The van der Waals surface area contributed by atoms with Gasteiger partial charge in [-0.15, -0.1) is 0 Å². The standard InChI is InChI=1S/C13H20N4O3/c1-10(7-17-6-5-14-9-17)16-12(20)15-8-13(11(18)19)3-2-4-13/h5-6,9-10H,2-4,7-8H2,1H3,(H,18,19)(H2,15,16,20). The molecule has 7 heteroatoms. The summed E-state index contributed by atoms with van der Waals surface area (Å²) >= 11 is 0. The summed E-state index contributed by atoms with van der Waals surface area (Å²) in [6.45, 7) is 2.69. The van der Waals surface area contributed by atoms with E-state index < -0.39 is 11.4 Å². The van der Waals surface area contributed by atoms with E-state index in [4.69, 9.17) is 5.11 Å². The molecule has 1 aromatic heterocycles. The predicted octanol–water partition coefficient (Wildman–Crippen LogP) is 0.826. The molecule has 1 saturated carbocycles. The second-order valence-corrected chi connectivity index (χ2v) is 5.43. The fourth-order valence-electron chi connectivity index (χ4n) is 2.35. The number of urea groups is 1. The van der Waals surface area contributed by atoms with Crippen LogP contribution < -0.4 is 10.6 Å². The highest BCUT2D eigenvalue weighted by Crippen LogP contribution is 2.40. The molecule has 1 unspecified atom stereocenters. The maximum Gasteiger partial charge on any atom is 0.315 e. The van der Waals surface area contributed by atoms with Gasteiger partial charge in [0.25, 0.3) is 0 Å². The number of amides is 2. The van der Waals surface area contributed by atoms with Crippen LogP contribution in [0.3, 0.4) is 0 Å². The van der Waals surface area contributed by atoms with Crippen molar-refractivity contribution < 1.29 is 14.7 Å². The van der Waals surface area contributed by atoms with Crippen molar-refractivity contribution in [3.05, 3.63) is 18.7 Å². The molecule has 0 bridgehead atoms. The fourth-order valence-corrected chi connectivity index (χ4v) is 2.35. The number of carbonyl (C=O) groups is 2. The molecule has 1 aliphatic rings. The van der Waals surface area contributed by atoms with Crippen LogP contribution in [-0.4, -0.2) is 39.2 Å². The van der Waals surface area contributed by atoms with Gasteiger partial charge in [-0.05, 0) is 19.8 Å². The summed E-state index contributed by atoms with van der Waals surface area (Å²) in [5.41, 5.74) is -0.759. The first-order valence-electron chi connectivity index (χ1n) is 6.75. The highest BCUT2D eigenvalue weighted by molar-refractivity contribution is 5.78. The van der Waals surface area contributed by atoms with Crippen LogP contribution in [0, 0.1) is 5.41 Å². The van der Waals surface area contributed by atoms with Crippen LogP contribution in [0.1, 0.15) is 26.2 Å². The summed E-state index contributed by atoms with van der Waals surface area (Å²) in [7, 11) is 0. The molecule has 20 heavy (non-hydrogen) atoms. The lowest BCUT2D eigenvalue weighted by Gasteiger charge is -2.37. The molecule has 1 fully saturated rings. The number of nitrogens with one attached hydrogen (secondary N) is 2. The van der Waals surface area contributed by atoms with E-state index >= 15 is 0 Å². The van der Waals surface area contributed by atoms with Gasteiger partial charge in [-0.1, -0.05) is 6.42 Å². The van der Waals surface area contributed by atoms with E-state index in [1.165, 1.54) is 0 Å². The summed E-state index contributed by atoms with van der Waals surface area (Å²) in [6, 6.07) is -0.392. The minimum atomic E-state index is -0.824. The number of hydrogen-bond donors (Lipinski definition) is 3. The molecule has 2 rings (SSSR count). The summed E-state index contributed by atoms with van der Waals surface area (Å²) in [4.78, 5) is 26.8. The van der Waals surface area contributed by atoms with Crippen molar-refractivity contribution in [2.24, 2.45) is 5.41 Å². The number of aromatic nitrogens is 2. The molecule has 1 aliphatic carbocycles. The monoisotopic (exact) mass is 280 g/mol. The SMILES string of the molecule is CC(Cn1ccnc1)NC(=O)NCC1(C(=O)O)CCC1. The van der Waals surface area contributed by atoms with Crippen LogP contribution in [0.4, 0.5) is 4.79 Å². The van der Waals surface area contributed by atoms with Gasteiger partial charge in [0, 0.05) is 31.5 Å². The average Bonchev–Trinajstić information content (AvgIpc) is 2.79. The topological polar surface area (TPSA) is 96.3 Å². The molecule has 0 radical (unpaired) electrons. The Morgan fingerprint density at radius 3 is 2.75 bits per heavy atom. The van der Waals surface area contributed by atoms with Gasteiger partial charge in [0.05, 0.1) is 11.7 Å². The lowest BCUT2D eigenvalue weighted by molar-refractivity contribution is -0.153. The number of aliphatic carboxylic acids is 1. The molecule has 0 aromatic carbocycles. The van der Waals surface area contributed by atoms with E-state index in [1.54, 1.807) is 12.5 Å². The zero-order valence-corrected chi connectivity index (χ0v) is 11.5. The van der Waals surface area contributed by atoms with E-state index in [-0.39, 0.29) is 18.6 Å². The van der Waals surface area contributed by atoms with E-state index in [0.29, 0.717) is 19.4 Å². The number of imidazole rings is 1. The molecule has 2 amide bonds. The minimum absolute atomic E-state index is 0.0635. The molecule has 1 aromatic rings. The Bertz CT molecular complexity index is 468.